The summed E-state index contributed by atoms with van der Waals surface area (Å²) in [6.45, 7) is -0.0439. The molecule has 2 amide bonds. The summed E-state index contributed by atoms with van der Waals surface area (Å²) in [7, 11) is 0. The lowest BCUT2D eigenvalue weighted by Gasteiger charge is -2.34. The van der Waals surface area contributed by atoms with E-state index in [0.29, 0.717) is 19.3 Å². The van der Waals surface area contributed by atoms with Gasteiger partial charge in [0.2, 0.25) is 11.8 Å². The Balaban J connectivity index is 2.05. The number of nitrogens with zero attached hydrogens (tertiary/aromatic N) is 1. The van der Waals surface area contributed by atoms with E-state index in [1.54, 1.807) is 4.90 Å². The van der Waals surface area contributed by atoms with E-state index < -0.39 is 17.8 Å². The summed E-state index contributed by atoms with van der Waals surface area (Å²) in [5.74, 6) is -2.12. The second kappa shape index (κ2) is 6.91. The zero-order chi connectivity index (χ0) is 15.4. The molecule has 0 aliphatic heterocycles. The predicted molar refractivity (Wildman–Crippen MR) is 76.2 cm³/mol. The fraction of sp³-hybridized carbons (Fsp3) is 0.800. The van der Waals surface area contributed by atoms with Gasteiger partial charge in [0.1, 0.15) is 0 Å². The third-order valence-corrected chi connectivity index (χ3v) is 4.75. The Morgan fingerprint density at radius 3 is 2.19 bits per heavy atom. The Morgan fingerprint density at radius 1 is 1.00 bits per heavy atom. The first kappa shape index (κ1) is 15.8. The summed E-state index contributed by atoms with van der Waals surface area (Å²) in [6.07, 6.45) is 6.44. The number of nitrogens with two attached hydrogens (primary N) is 1. The number of rotatable bonds is 5. The summed E-state index contributed by atoms with van der Waals surface area (Å²) in [4.78, 5) is 36.7. The first-order valence-electron chi connectivity index (χ1n) is 7.80. The average Bonchev–Trinajstić information content (AvgIpc) is 2.98. The van der Waals surface area contributed by atoms with Crippen molar-refractivity contribution < 1.29 is 19.5 Å². The first-order valence-corrected chi connectivity index (χ1v) is 7.80. The fourth-order valence-corrected chi connectivity index (χ4v) is 3.64. The second-order valence-electron chi connectivity index (χ2n) is 6.27. The van der Waals surface area contributed by atoms with Gasteiger partial charge in [-0.3, -0.25) is 14.4 Å². The van der Waals surface area contributed by atoms with Crippen LogP contribution in [0.15, 0.2) is 0 Å². The maximum absolute atomic E-state index is 12.7. The van der Waals surface area contributed by atoms with Crippen molar-refractivity contribution in [3.8, 4) is 0 Å². The lowest BCUT2D eigenvalue weighted by molar-refractivity contribution is -0.147. The standard InChI is InChI=1S/C15H24N2O4/c16-13(18)9-17(12-6-1-2-7-12)14(19)10-4-3-5-11(8-10)15(20)21/h10-12H,1-9H2,(H2,16,18)(H,20,21). The number of aliphatic carboxylic acids is 1. The van der Waals surface area contributed by atoms with E-state index in [4.69, 9.17) is 10.8 Å². The molecule has 0 spiro atoms. The summed E-state index contributed by atoms with van der Waals surface area (Å²) < 4.78 is 0. The van der Waals surface area contributed by atoms with Gasteiger partial charge in [-0.1, -0.05) is 19.3 Å². The van der Waals surface area contributed by atoms with Gasteiger partial charge in [0.15, 0.2) is 0 Å². The molecule has 0 aromatic heterocycles. The number of carbonyl (C=O) groups is 3. The van der Waals surface area contributed by atoms with E-state index in [0.717, 1.165) is 32.1 Å². The minimum atomic E-state index is -0.824. The van der Waals surface area contributed by atoms with E-state index >= 15 is 0 Å². The van der Waals surface area contributed by atoms with Crippen molar-refractivity contribution in [1.29, 1.82) is 0 Å². The molecule has 2 unspecified atom stereocenters. The van der Waals surface area contributed by atoms with Crippen molar-refractivity contribution in [2.24, 2.45) is 17.6 Å². The maximum atomic E-state index is 12.7. The van der Waals surface area contributed by atoms with E-state index in [1.165, 1.54) is 0 Å². The molecule has 0 bridgehead atoms. The first-order chi connectivity index (χ1) is 9.99. The van der Waals surface area contributed by atoms with Crippen LogP contribution >= 0.6 is 0 Å². The molecule has 21 heavy (non-hydrogen) atoms. The molecule has 0 aromatic carbocycles. The zero-order valence-corrected chi connectivity index (χ0v) is 12.3. The van der Waals surface area contributed by atoms with Crippen molar-refractivity contribution in [1.82, 2.24) is 4.90 Å². The average molecular weight is 296 g/mol. The number of carbonyl (C=O) groups excluding carboxylic acids is 2. The molecule has 118 valence electrons. The molecular weight excluding hydrogens is 272 g/mol. The number of carboxylic acids is 1. The predicted octanol–water partition coefficient (Wildman–Crippen LogP) is 1.13. The molecule has 2 saturated carbocycles. The van der Waals surface area contributed by atoms with Crippen LogP contribution in [-0.4, -0.2) is 40.4 Å². The highest BCUT2D eigenvalue weighted by Gasteiger charge is 2.36. The molecule has 0 radical (unpaired) electrons. The topological polar surface area (TPSA) is 101 Å². The van der Waals surface area contributed by atoms with Crippen LogP contribution in [0.1, 0.15) is 51.4 Å². The molecule has 0 saturated heterocycles. The number of amides is 2. The van der Waals surface area contributed by atoms with Crippen molar-refractivity contribution in [3.63, 3.8) is 0 Å². The summed E-state index contributed by atoms with van der Waals surface area (Å²) >= 11 is 0. The Bertz CT molecular complexity index is 418. The van der Waals surface area contributed by atoms with Gasteiger partial charge in [-0.25, -0.2) is 0 Å². The highest BCUT2D eigenvalue weighted by atomic mass is 16.4. The van der Waals surface area contributed by atoms with Crippen molar-refractivity contribution in [2.75, 3.05) is 6.54 Å². The molecule has 2 fully saturated rings. The van der Waals surface area contributed by atoms with Crippen molar-refractivity contribution in [2.45, 2.75) is 57.4 Å². The quantitative estimate of drug-likeness (QED) is 0.794. The Hall–Kier alpha value is -1.59. The number of hydrogen-bond donors (Lipinski definition) is 2. The van der Waals surface area contributed by atoms with Gasteiger partial charge in [0, 0.05) is 12.0 Å². The Kier molecular flexibility index (Phi) is 5.20. The molecular formula is C15H24N2O4. The Labute approximate surface area is 124 Å². The molecule has 0 aromatic rings. The second-order valence-corrected chi connectivity index (χ2v) is 6.27. The summed E-state index contributed by atoms with van der Waals surface area (Å²) in [6, 6.07) is 0.0928. The zero-order valence-electron chi connectivity index (χ0n) is 12.3. The normalized spacial score (nSPS) is 26.5. The third kappa shape index (κ3) is 3.95. The van der Waals surface area contributed by atoms with Crippen LogP contribution in [0.2, 0.25) is 0 Å². The van der Waals surface area contributed by atoms with Gasteiger partial charge in [0.25, 0.3) is 0 Å². The molecule has 6 heteroatoms. The van der Waals surface area contributed by atoms with Crippen LogP contribution in [0.4, 0.5) is 0 Å². The van der Waals surface area contributed by atoms with E-state index in [2.05, 4.69) is 0 Å². The lowest BCUT2D eigenvalue weighted by atomic mass is 9.80. The highest BCUT2D eigenvalue weighted by Crippen LogP contribution is 2.32. The number of carboxylic acid groups (broad SMARTS) is 1. The SMILES string of the molecule is NC(=O)CN(C(=O)C1CCCC(C(=O)O)C1)C1CCCC1. The lowest BCUT2D eigenvalue weighted by Crippen LogP contribution is -2.47. The minimum Gasteiger partial charge on any atom is -0.481 e. The minimum absolute atomic E-state index is 0.0439. The molecule has 3 N–H and O–H groups in total. The van der Waals surface area contributed by atoms with Gasteiger partial charge in [0.05, 0.1) is 12.5 Å². The van der Waals surface area contributed by atoms with Crippen LogP contribution in [0.25, 0.3) is 0 Å². The largest absolute Gasteiger partial charge is 0.481 e. The molecule has 2 rings (SSSR count). The van der Waals surface area contributed by atoms with E-state index in [1.807, 2.05) is 0 Å². The van der Waals surface area contributed by atoms with Crippen LogP contribution in [0.5, 0.6) is 0 Å². The van der Waals surface area contributed by atoms with Gasteiger partial charge < -0.3 is 15.7 Å². The molecule has 0 heterocycles. The summed E-state index contributed by atoms with van der Waals surface area (Å²) in [5, 5.41) is 9.13. The van der Waals surface area contributed by atoms with E-state index in [9.17, 15) is 14.4 Å². The van der Waals surface area contributed by atoms with Crippen LogP contribution in [0.3, 0.4) is 0 Å². The summed E-state index contributed by atoms with van der Waals surface area (Å²) in [5.41, 5.74) is 5.28. The van der Waals surface area contributed by atoms with Crippen LogP contribution in [-0.2, 0) is 14.4 Å². The van der Waals surface area contributed by atoms with Crippen molar-refractivity contribution >= 4 is 17.8 Å². The van der Waals surface area contributed by atoms with Gasteiger partial charge in [-0.2, -0.15) is 0 Å². The van der Waals surface area contributed by atoms with Gasteiger partial charge >= 0.3 is 5.97 Å². The monoisotopic (exact) mass is 296 g/mol. The molecule has 2 atom stereocenters. The molecule has 2 aliphatic rings. The smallest absolute Gasteiger partial charge is 0.306 e. The van der Waals surface area contributed by atoms with Crippen LogP contribution < -0.4 is 5.73 Å². The highest BCUT2D eigenvalue weighted by molar-refractivity contribution is 5.86. The number of primary amides is 1. The van der Waals surface area contributed by atoms with Crippen molar-refractivity contribution in [3.05, 3.63) is 0 Å². The van der Waals surface area contributed by atoms with Gasteiger partial charge in [-0.05, 0) is 32.1 Å². The number of hydrogen-bond acceptors (Lipinski definition) is 3. The van der Waals surface area contributed by atoms with Gasteiger partial charge in [-0.15, -0.1) is 0 Å². The Morgan fingerprint density at radius 2 is 1.62 bits per heavy atom. The fourth-order valence-electron chi connectivity index (χ4n) is 3.64. The molecule has 6 nitrogen and oxygen atoms in total. The third-order valence-electron chi connectivity index (χ3n) is 4.75. The van der Waals surface area contributed by atoms with E-state index in [-0.39, 0.29) is 24.4 Å². The maximum Gasteiger partial charge on any atom is 0.306 e. The molecule has 2 aliphatic carbocycles. The van der Waals surface area contributed by atoms with Crippen LogP contribution in [0, 0.1) is 11.8 Å².